The second-order valence-corrected chi connectivity index (χ2v) is 9.54. The minimum absolute atomic E-state index is 0.0999. The van der Waals surface area contributed by atoms with E-state index in [4.69, 9.17) is 0 Å². The monoisotopic (exact) mass is 354 g/mol. The molecule has 2 heteroatoms. The second-order valence-electron chi connectivity index (χ2n) is 5.34. The fraction of sp³-hybridized carbons (Fsp3) is 0.250. The van der Waals surface area contributed by atoms with E-state index in [1.165, 1.54) is 22.3 Å². The molecule has 0 aromatic heterocycles. The van der Waals surface area contributed by atoms with Crippen LogP contribution in [0.4, 0.5) is 0 Å². The predicted molar refractivity (Wildman–Crippen MR) is 77.3 cm³/mol. The zero-order chi connectivity index (χ0) is 13.0. The Bertz CT molecular complexity index is 506. The summed E-state index contributed by atoms with van der Waals surface area (Å²) < 4.78 is 0.200. The summed E-state index contributed by atoms with van der Waals surface area (Å²) in [5, 5.41) is 0. The van der Waals surface area contributed by atoms with Gasteiger partial charge in [0.1, 0.15) is 0 Å². The zero-order valence-corrected chi connectivity index (χ0v) is 14.8. The van der Waals surface area contributed by atoms with Crippen LogP contribution in [0.3, 0.4) is 0 Å². The molecule has 86 valence electrons. The molecule has 1 aliphatic carbocycles. The van der Waals surface area contributed by atoms with Gasteiger partial charge in [-0.15, -0.1) is 0 Å². The van der Waals surface area contributed by atoms with E-state index in [1.807, 2.05) is 0 Å². The normalized spacial score (nSPS) is 29.6. The summed E-state index contributed by atoms with van der Waals surface area (Å²) in [7, 11) is 0. The van der Waals surface area contributed by atoms with Crippen LogP contribution in [0, 0.1) is 0 Å². The first-order chi connectivity index (χ1) is 8.45. The summed E-state index contributed by atoms with van der Waals surface area (Å²) in [5.41, 5.74) is 5.87. The van der Waals surface area contributed by atoms with Gasteiger partial charge >= 0.3 is 126 Å². The molecular weight excluding hydrogens is 337 g/mol. The van der Waals surface area contributed by atoms with E-state index in [0.717, 1.165) is 0 Å². The predicted octanol–water partition coefficient (Wildman–Crippen LogP) is 2.86. The first kappa shape index (κ1) is 12.6. The SMILES string of the molecule is C[C]1([Ge])c2ccccc2[C](C)([Ge])c2ccccc21. The van der Waals surface area contributed by atoms with Crippen LogP contribution in [0.15, 0.2) is 48.5 Å². The van der Waals surface area contributed by atoms with Gasteiger partial charge in [0.05, 0.1) is 0 Å². The summed E-state index contributed by atoms with van der Waals surface area (Å²) in [5.74, 6) is 0. The molecule has 0 bridgehead atoms. The summed E-state index contributed by atoms with van der Waals surface area (Å²) in [4.78, 5) is 0. The Hall–Kier alpha value is -0.474. The first-order valence-corrected chi connectivity index (χ1v) is 8.25. The second kappa shape index (κ2) is 4.01. The Morgan fingerprint density at radius 1 is 0.611 bits per heavy atom. The standard InChI is InChI=1S/C16H14Ge2/c1-15(17)11-7-3-5-9-13(11)16(2,18)14-10-6-4-8-12(14)15/h3-10H,1-2H3. The number of hydrogen-bond acceptors (Lipinski definition) is 0. The van der Waals surface area contributed by atoms with E-state index in [1.54, 1.807) is 0 Å². The molecule has 6 radical (unpaired) electrons. The van der Waals surface area contributed by atoms with Gasteiger partial charge in [-0.2, -0.15) is 0 Å². The molecule has 0 saturated carbocycles. The van der Waals surface area contributed by atoms with Gasteiger partial charge in [-0.1, -0.05) is 0 Å². The molecule has 18 heavy (non-hydrogen) atoms. The third-order valence-corrected chi connectivity index (χ3v) is 6.27. The fourth-order valence-corrected chi connectivity index (χ4v) is 4.83. The van der Waals surface area contributed by atoms with Crippen molar-refractivity contribution in [2.24, 2.45) is 0 Å². The Labute approximate surface area is 126 Å². The van der Waals surface area contributed by atoms with Crippen LogP contribution in [0.2, 0.25) is 0 Å². The van der Waals surface area contributed by atoms with Crippen molar-refractivity contribution >= 4 is 33.0 Å². The molecule has 0 amide bonds. The van der Waals surface area contributed by atoms with Crippen molar-refractivity contribution in [2.45, 2.75) is 22.3 Å². The van der Waals surface area contributed by atoms with Gasteiger partial charge in [0.2, 0.25) is 0 Å². The third kappa shape index (κ3) is 1.58. The first-order valence-electron chi connectivity index (χ1n) is 6.15. The molecule has 0 aliphatic heterocycles. The summed E-state index contributed by atoms with van der Waals surface area (Å²) >= 11 is 4.67. The van der Waals surface area contributed by atoms with Crippen molar-refractivity contribution in [3.8, 4) is 0 Å². The Kier molecular flexibility index (Phi) is 2.80. The molecule has 0 heterocycles. The van der Waals surface area contributed by atoms with Crippen LogP contribution in [0.25, 0.3) is 0 Å². The van der Waals surface area contributed by atoms with Gasteiger partial charge < -0.3 is 0 Å². The third-order valence-electron chi connectivity index (χ3n) is 4.01. The van der Waals surface area contributed by atoms with Gasteiger partial charge in [-0.3, -0.25) is 0 Å². The molecule has 0 nitrogen and oxygen atoms in total. The Morgan fingerprint density at radius 2 is 0.833 bits per heavy atom. The average molecular weight is 352 g/mol. The fourth-order valence-electron chi connectivity index (χ4n) is 3.00. The van der Waals surface area contributed by atoms with Crippen LogP contribution in [-0.4, -0.2) is 33.0 Å². The van der Waals surface area contributed by atoms with Gasteiger partial charge in [-0.05, 0) is 0 Å². The van der Waals surface area contributed by atoms with Crippen molar-refractivity contribution in [1.82, 2.24) is 0 Å². The zero-order valence-electron chi connectivity index (χ0n) is 10.6. The van der Waals surface area contributed by atoms with Crippen LogP contribution < -0.4 is 0 Å². The Morgan fingerprint density at radius 3 is 1.06 bits per heavy atom. The summed E-state index contributed by atoms with van der Waals surface area (Å²) in [6, 6.07) is 17.8. The summed E-state index contributed by atoms with van der Waals surface area (Å²) in [6.07, 6.45) is 0. The molecular formula is C16H14Ge2. The van der Waals surface area contributed by atoms with Gasteiger partial charge in [0, 0.05) is 0 Å². The van der Waals surface area contributed by atoms with Gasteiger partial charge in [0.25, 0.3) is 0 Å². The van der Waals surface area contributed by atoms with Gasteiger partial charge in [-0.25, -0.2) is 0 Å². The van der Waals surface area contributed by atoms with E-state index < -0.39 is 0 Å². The quantitative estimate of drug-likeness (QED) is 0.640. The molecule has 0 fully saturated rings. The maximum absolute atomic E-state index is 2.33. The molecule has 2 aromatic rings. The van der Waals surface area contributed by atoms with Crippen molar-refractivity contribution in [3.63, 3.8) is 0 Å². The van der Waals surface area contributed by atoms with Crippen LogP contribution in [0.5, 0.6) is 0 Å². The average Bonchev–Trinajstić information content (AvgIpc) is 2.37. The van der Waals surface area contributed by atoms with E-state index in [-0.39, 0.29) is 8.49 Å². The van der Waals surface area contributed by atoms with E-state index in [9.17, 15) is 0 Å². The van der Waals surface area contributed by atoms with Crippen molar-refractivity contribution in [1.29, 1.82) is 0 Å². The van der Waals surface area contributed by atoms with E-state index >= 15 is 0 Å². The topological polar surface area (TPSA) is 0 Å². The molecule has 0 unspecified atom stereocenters. The van der Waals surface area contributed by atoms with E-state index in [2.05, 4.69) is 95.4 Å². The maximum atomic E-state index is 2.33. The molecule has 0 spiro atoms. The Balaban J connectivity index is 2.41. The number of hydrogen-bond donors (Lipinski definition) is 0. The molecule has 2 aromatic carbocycles. The van der Waals surface area contributed by atoms with Crippen LogP contribution in [0.1, 0.15) is 36.1 Å². The molecule has 1 aliphatic rings. The van der Waals surface area contributed by atoms with E-state index in [0.29, 0.717) is 0 Å². The van der Waals surface area contributed by atoms with Crippen LogP contribution in [-0.2, 0) is 8.49 Å². The molecule has 0 atom stereocenters. The van der Waals surface area contributed by atoms with Crippen molar-refractivity contribution in [2.75, 3.05) is 0 Å². The van der Waals surface area contributed by atoms with Crippen LogP contribution >= 0.6 is 0 Å². The van der Waals surface area contributed by atoms with Crippen molar-refractivity contribution < 1.29 is 0 Å². The van der Waals surface area contributed by atoms with Gasteiger partial charge in [0.15, 0.2) is 0 Å². The molecule has 0 saturated heterocycles. The summed E-state index contributed by atoms with van der Waals surface area (Å²) in [6.45, 7) is 4.67. The number of fused-ring (bicyclic) bond motifs is 2. The van der Waals surface area contributed by atoms with Crippen molar-refractivity contribution in [3.05, 3.63) is 70.8 Å². The minimum atomic E-state index is 0.0999. The molecule has 0 N–H and O–H groups in total. The number of rotatable bonds is 0. The number of benzene rings is 2. The molecule has 3 rings (SSSR count).